The average molecular weight is 447 g/mol. The van der Waals surface area contributed by atoms with Crippen molar-refractivity contribution in [3.63, 3.8) is 0 Å². The standard InChI is InChI=1S/C16H23ClN6O3S2/c1-18-16(19-5-6-20-28(24,25)15-3-2-14(17)27-15)23-9-7-22(8-10-23)12-13-4-11-26-21-13/h2-4,11,20H,5-10,12H2,1H3,(H,18,19). The van der Waals surface area contributed by atoms with E-state index in [-0.39, 0.29) is 10.8 Å². The highest BCUT2D eigenvalue weighted by molar-refractivity contribution is 7.91. The zero-order chi connectivity index (χ0) is 20.0. The Morgan fingerprint density at radius 3 is 2.68 bits per heavy atom. The molecule has 0 radical (unpaired) electrons. The number of nitrogens with zero attached hydrogens (tertiary/aromatic N) is 4. The molecular weight excluding hydrogens is 424 g/mol. The van der Waals surface area contributed by atoms with Crippen molar-refractivity contribution in [3.8, 4) is 0 Å². The Kier molecular flexibility index (Phi) is 7.30. The van der Waals surface area contributed by atoms with Crippen molar-refractivity contribution >= 4 is 38.9 Å². The lowest BCUT2D eigenvalue weighted by Crippen LogP contribution is -2.53. The molecule has 0 atom stereocenters. The highest BCUT2D eigenvalue weighted by Gasteiger charge is 2.20. The average Bonchev–Trinajstić information content (AvgIpc) is 3.35. The van der Waals surface area contributed by atoms with E-state index in [0.29, 0.717) is 10.9 Å². The van der Waals surface area contributed by atoms with E-state index in [1.165, 1.54) is 6.07 Å². The summed E-state index contributed by atoms with van der Waals surface area (Å²) < 4.78 is 32.5. The minimum absolute atomic E-state index is 0.213. The Labute approximate surface area is 173 Å². The molecule has 1 saturated heterocycles. The van der Waals surface area contributed by atoms with E-state index in [1.54, 1.807) is 19.4 Å². The molecule has 2 aromatic heterocycles. The molecule has 0 saturated carbocycles. The lowest BCUT2D eigenvalue weighted by molar-refractivity contribution is 0.169. The van der Waals surface area contributed by atoms with Gasteiger partial charge in [-0.2, -0.15) is 0 Å². The number of thiophene rings is 1. The SMILES string of the molecule is CN=C(NCCNS(=O)(=O)c1ccc(Cl)s1)N1CCN(Cc2ccon2)CC1. The van der Waals surface area contributed by atoms with Crippen molar-refractivity contribution in [2.24, 2.45) is 4.99 Å². The molecule has 9 nitrogen and oxygen atoms in total. The molecule has 0 amide bonds. The Hall–Kier alpha value is -1.66. The summed E-state index contributed by atoms with van der Waals surface area (Å²) in [5.74, 6) is 0.763. The maximum atomic E-state index is 12.2. The summed E-state index contributed by atoms with van der Waals surface area (Å²) in [5.41, 5.74) is 0.926. The van der Waals surface area contributed by atoms with E-state index in [0.717, 1.165) is 55.7 Å². The number of sulfonamides is 1. The van der Waals surface area contributed by atoms with E-state index >= 15 is 0 Å². The van der Waals surface area contributed by atoms with Gasteiger partial charge in [0.15, 0.2) is 5.96 Å². The van der Waals surface area contributed by atoms with Crippen LogP contribution >= 0.6 is 22.9 Å². The van der Waals surface area contributed by atoms with Crippen LogP contribution in [0.3, 0.4) is 0 Å². The minimum atomic E-state index is -3.53. The van der Waals surface area contributed by atoms with Crippen molar-refractivity contribution < 1.29 is 12.9 Å². The topological polar surface area (TPSA) is 103 Å². The lowest BCUT2D eigenvalue weighted by atomic mass is 10.3. The molecule has 0 bridgehead atoms. The molecule has 0 spiro atoms. The molecule has 3 rings (SSSR count). The second-order valence-electron chi connectivity index (χ2n) is 6.18. The van der Waals surface area contributed by atoms with Gasteiger partial charge in [0.1, 0.15) is 10.5 Å². The first-order chi connectivity index (χ1) is 13.5. The Balaban J connectivity index is 1.40. The molecule has 1 aliphatic heterocycles. The van der Waals surface area contributed by atoms with Gasteiger partial charge in [-0.05, 0) is 12.1 Å². The van der Waals surface area contributed by atoms with E-state index in [1.807, 2.05) is 6.07 Å². The first-order valence-corrected chi connectivity index (χ1v) is 11.5. The minimum Gasteiger partial charge on any atom is -0.364 e. The number of hydrogen-bond acceptors (Lipinski definition) is 7. The summed E-state index contributed by atoms with van der Waals surface area (Å²) in [6.45, 7) is 4.89. The summed E-state index contributed by atoms with van der Waals surface area (Å²) in [4.78, 5) is 8.77. The molecule has 0 aromatic carbocycles. The summed E-state index contributed by atoms with van der Waals surface area (Å²) in [6, 6.07) is 4.95. The molecule has 2 aromatic rings. The monoisotopic (exact) mass is 446 g/mol. The Morgan fingerprint density at radius 1 is 1.29 bits per heavy atom. The van der Waals surface area contributed by atoms with Crippen LogP contribution < -0.4 is 10.0 Å². The molecule has 1 fully saturated rings. The normalized spacial score (nSPS) is 16.5. The summed E-state index contributed by atoms with van der Waals surface area (Å²) in [5, 5.41) is 7.15. The predicted octanol–water partition coefficient (Wildman–Crippen LogP) is 1.06. The molecule has 2 N–H and O–H groups in total. The molecule has 3 heterocycles. The van der Waals surface area contributed by atoms with Crippen molar-refractivity contribution in [1.82, 2.24) is 25.0 Å². The van der Waals surface area contributed by atoms with Gasteiger partial charge in [-0.15, -0.1) is 11.3 Å². The third kappa shape index (κ3) is 5.67. The number of aromatic nitrogens is 1. The van der Waals surface area contributed by atoms with Gasteiger partial charge in [0.2, 0.25) is 10.0 Å². The summed E-state index contributed by atoms with van der Waals surface area (Å²) >= 11 is 6.84. The number of aliphatic imine (C=N–C) groups is 1. The van der Waals surface area contributed by atoms with Crippen LogP contribution in [0.5, 0.6) is 0 Å². The van der Waals surface area contributed by atoms with Crippen LogP contribution in [-0.4, -0.2) is 75.7 Å². The predicted molar refractivity (Wildman–Crippen MR) is 109 cm³/mol. The maximum absolute atomic E-state index is 12.2. The Morgan fingerprint density at radius 2 is 2.07 bits per heavy atom. The summed E-state index contributed by atoms with van der Waals surface area (Å²) in [7, 11) is -1.81. The zero-order valence-electron chi connectivity index (χ0n) is 15.5. The quantitative estimate of drug-likeness (QED) is 0.372. The van der Waals surface area contributed by atoms with E-state index in [9.17, 15) is 8.42 Å². The number of hydrogen-bond donors (Lipinski definition) is 2. The number of guanidine groups is 1. The molecule has 28 heavy (non-hydrogen) atoms. The van der Waals surface area contributed by atoms with Gasteiger partial charge in [-0.1, -0.05) is 16.8 Å². The van der Waals surface area contributed by atoms with Gasteiger partial charge in [0.05, 0.1) is 10.0 Å². The molecule has 1 aliphatic rings. The summed E-state index contributed by atoms with van der Waals surface area (Å²) in [6.07, 6.45) is 1.58. The molecule has 0 aliphatic carbocycles. The molecule has 12 heteroatoms. The fourth-order valence-corrected chi connectivity index (χ4v) is 5.43. The largest absolute Gasteiger partial charge is 0.364 e. The van der Waals surface area contributed by atoms with Gasteiger partial charge in [0.25, 0.3) is 0 Å². The third-order valence-electron chi connectivity index (χ3n) is 4.27. The van der Waals surface area contributed by atoms with E-state index in [4.69, 9.17) is 16.1 Å². The van der Waals surface area contributed by atoms with Gasteiger partial charge in [-0.25, -0.2) is 13.1 Å². The van der Waals surface area contributed by atoms with E-state index < -0.39 is 10.0 Å². The third-order valence-corrected chi connectivity index (χ3v) is 7.46. The number of nitrogens with one attached hydrogen (secondary N) is 2. The fourth-order valence-electron chi connectivity index (χ4n) is 2.87. The van der Waals surface area contributed by atoms with E-state index in [2.05, 4.69) is 30.0 Å². The van der Waals surface area contributed by atoms with Crippen molar-refractivity contribution in [2.75, 3.05) is 46.3 Å². The van der Waals surface area contributed by atoms with Crippen LogP contribution in [-0.2, 0) is 16.6 Å². The first-order valence-electron chi connectivity index (χ1n) is 8.80. The van der Waals surface area contributed by atoms with Crippen LogP contribution in [0.25, 0.3) is 0 Å². The van der Waals surface area contributed by atoms with Crippen LogP contribution in [0.4, 0.5) is 0 Å². The van der Waals surface area contributed by atoms with Crippen LogP contribution in [0, 0.1) is 0 Å². The van der Waals surface area contributed by atoms with Gasteiger partial charge < -0.3 is 14.7 Å². The second kappa shape index (κ2) is 9.70. The van der Waals surface area contributed by atoms with Gasteiger partial charge in [0, 0.05) is 58.9 Å². The van der Waals surface area contributed by atoms with Crippen molar-refractivity contribution in [2.45, 2.75) is 10.8 Å². The fraction of sp³-hybridized carbons (Fsp3) is 0.500. The highest BCUT2D eigenvalue weighted by atomic mass is 35.5. The van der Waals surface area contributed by atoms with Crippen molar-refractivity contribution in [3.05, 3.63) is 34.5 Å². The number of halogens is 1. The number of piperazine rings is 1. The zero-order valence-corrected chi connectivity index (χ0v) is 17.9. The molecular formula is C16H23ClN6O3S2. The van der Waals surface area contributed by atoms with Crippen LogP contribution in [0.15, 0.2) is 38.2 Å². The molecule has 0 unspecified atom stereocenters. The lowest BCUT2D eigenvalue weighted by Gasteiger charge is -2.36. The first kappa shape index (κ1) is 21.1. The smallest absolute Gasteiger partial charge is 0.250 e. The van der Waals surface area contributed by atoms with Crippen LogP contribution in [0.1, 0.15) is 5.69 Å². The van der Waals surface area contributed by atoms with Gasteiger partial charge >= 0.3 is 0 Å². The van der Waals surface area contributed by atoms with Gasteiger partial charge in [-0.3, -0.25) is 9.89 Å². The van der Waals surface area contributed by atoms with Crippen LogP contribution in [0.2, 0.25) is 4.34 Å². The maximum Gasteiger partial charge on any atom is 0.250 e. The second-order valence-corrected chi connectivity index (χ2v) is 9.89. The number of rotatable bonds is 7. The Bertz CT molecular complexity index is 876. The molecule has 154 valence electrons. The van der Waals surface area contributed by atoms with Crippen molar-refractivity contribution in [1.29, 1.82) is 0 Å². The highest BCUT2D eigenvalue weighted by Crippen LogP contribution is 2.25.